The van der Waals surface area contributed by atoms with Crippen LogP contribution in [-0.4, -0.2) is 23.7 Å². The van der Waals surface area contributed by atoms with Crippen molar-refractivity contribution in [3.8, 4) is 0 Å². The second-order valence-corrected chi connectivity index (χ2v) is 4.57. The molecule has 86 valence electrons. The normalized spacial score (nSPS) is 29.3. The van der Waals surface area contributed by atoms with E-state index < -0.39 is 0 Å². The first-order valence-corrected chi connectivity index (χ1v) is 5.82. The van der Waals surface area contributed by atoms with Crippen LogP contribution in [0.5, 0.6) is 0 Å². The van der Waals surface area contributed by atoms with Crippen LogP contribution in [0.4, 0.5) is 10.2 Å². The predicted molar refractivity (Wildman–Crippen MR) is 58.7 cm³/mol. The minimum absolute atomic E-state index is 0.299. The molecule has 2 atom stereocenters. The molecular formula is C12H15FN2O. The Balaban J connectivity index is 1.66. The van der Waals surface area contributed by atoms with Gasteiger partial charge in [-0.25, -0.2) is 9.37 Å². The van der Waals surface area contributed by atoms with Crippen molar-refractivity contribution in [3.05, 3.63) is 24.1 Å². The molecule has 1 aromatic heterocycles. The molecule has 2 heterocycles. The zero-order valence-electron chi connectivity index (χ0n) is 9.03. The summed E-state index contributed by atoms with van der Waals surface area (Å²) in [7, 11) is 0. The van der Waals surface area contributed by atoms with E-state index in [0.717, 1.165) is 24.8 Å². The van der Waals surface area contributed by atoms with Gasteiger partial charge in [0.05, 0.1) is 18.3 Å². The average molecular weight is 222 g/mol. The summed E-state index contributed by atoms with van der Waals surface area (Å²) in [5, 5.41) is 3.34. The van der Waals surface area contributed by atoms with Crippen molar-refractivity contribution in [1.82, 2.24) is 4.98 Å². The standard InChI is InChI=1S/C12H15FN2O/c13-9-3-4-11(14-7-9)15-10-5-6-16-12(10)8-1-2-8/h3-4,7-8,10,12H,1-2,5-6H2,(H,14,15). The van der Waals surface area contributed by atoms with Crippen LogP contribution in [0.1, 0.15) is 19.3 Å². The molecule has 1 N–H and O–H groups in total. The summed E-state index contributed by atoms with van der Waals surface area (Å²) >= 11 is 0. The molecule has 0 bridgehead atoms. The average Bonchev–Trinajstić information content (AvgIpc) is 3.03. The van der Waals surface area contributed by atoms with E-state index in [9.17, 15) is 4.39 Å². The zero-order chi connectivity index (χ0) is 11.0. The first-order chi connectivity index (χ1) is 7.83. The molecule has 2 fully saturated rings. The molecule has 0 spiro atoms. The lowest BCUT2D eigenvalue weighted by Crippen LogP contribution is -2.31. The van der Waals surface area contributed by atoms with Gasteiger partial charge in [-0.3, -0.25) is 0 Å². The molecule has 0 radical (unpaired) electrons. The predicted octanol–water partition coefficient (Wildman–Crippen LogP) is 2.20. The molecule has 2 unspecified atom stereocenters. The number of rotatable bonds is 3. The van der Waals surface area contributed by atoms with E-state index >= 15 is 0 Å². The van der Waals surface area contributed by atoms with Gasteiger partial charge in [-0.15, -0.1) is 0 Å². The van der Waals surface area contributed by atoms with Crippen molar-refractivity contribution in [2.45, 2.75) is 31.4 Å². The highest BCUT2D eigenvalue weighted by Gasteiger charge is 2.40. The van der Waals surface area contributed by atoms with Gasteiger partial charge < -0.3 is 10.1 Å². The number of ether oxygens (including phenoxy) is 1. The maximum Gasteiger partial charge on any atom is 0.141 e. The molecule has 1 saturated heterocycles. The van der Waals surface area contributed by atoms with E-state index in [-0.39, 0.29) is 5.82 Å². The third kappa shape index (κ3) is 2.02. The van der Waals surface area contributed by atoms with E-state index in [1.54, 1.807) is 6.07 Å². The summed E-state index contributed by atoms with van der Waals surface area (Å²) in [6.45, 7) is 0.819. The molecule has 3 rings (SSSR count). The second kappa shape index (κ2) is 4.01. The van der Waals surface area contributed by atoms with Crippen molar-refractivity contribution >= 4 is 5.82 Å². The summed E-state index contributed by atoms with van der Waals surface area (Å²) in [5.74, 6) is 1.16. The van der Waals surface area contributed by atoms with Gasteiger partial charge in [0.25, 0.3) is 0 Å². The number of hydrogen-bond donors (Lipinski definition) is 1. The van der Waals surface area contributed by atoms with E-state index in [1.807, 2.05) is 0 Å². The Morgan fingerprint density at radius 1 is 1.31 bits per heavy atom. The van der Waals surface area contributed by atoms with Crippen molar-refractivity contribution < 1.29 is 9.13 Å². The van der Waals surface area contributed by atoms with Crippen molar-refractivity contribution in [3.63, 3.8) is 0 Å². The Kier molecular flexibility index (Phi) is 2.52. The lowest BCUT2D eigenvalue weighted by atomic mass is 10.1. The number of nitrogens with zero attached hydrogens (tertiary/aromatic N) is 1. The first-order valence-electron chi connectivity index (χ1n) is 5.82. The van der Waals surface area contributed by atoms with E-state index in [1.165, 1.54) is 25.1 Å². The molecule has 4 heteroatoms. The SMILES string of the molecule is Fc1ccc(NC2CCOC2C2CC2)nc1. The smallest absolute Gasteiger partial charge is 0.141 e. The molecule has 0 amide bonds. The third-order valence-corrected chi connectivity index (χ3v) is 3.28. The summed E-state index contributed by atoms with van der Waals surface area (Å²) in [6.07, 6.45) is 5.14. The molecule has 3 nitrogen and oxygen atoms in total. The lowest BCUT2D eigenvalue weighted by Gasteiger charge is -2.19. The van der Waals surface area contributed by atoms with Crippen LogP contribution in [0.15, 0.2) is 18.3 Å². The van der Waals surface area contributed by atoms with Crippen molar-refractivity contribution in [2.75, 3.05) is 11.9 Å². The van der Waals surface area contributed by atoms with Crippen LogP contribution < -0.4 is 5.32 Å². The number of aromatic nitrogens is 1. The first kappa shape index (κ1) is 10.0. The van der Waals surface area contributed by atoms with Gasteiger partial charge in [-0.2, -0.15) is 0 Å². The summed E-state index contributed by atoms with van der Waals surface area (Å²) in [6, 6.07) is 3.44. The molecule has 1 aliphatic heterocycles. The van der Waals surface area contributed by atoms with Gasteiger partial charge in [0.1, 0.15) is 11.6 Å². The largest absolute Gasteiger partial charge is 0.376 e. The molecule has 1 aromatic rings. The highest BCUT2D eigenvalue weighted by atomic mass is 19.1. The third-order valence-electron chi connectivity index (χ3n) is 3.28. The highest BCUT2D eigenvalue weighted by Crippen LogP contribution is 2.39. The molecule has 1 saturated carbocycles. The minimum atomic E-state index is -0.299. The lowest BCUT2D eigenvalue weighted by molar-refractivity contribution is 0.0898. The fourth-order valence-corrected chi connectivity index (χ4v) is 2.31. The molecule has 0 aromatic carbocycles. The van der Waals surface area contributed by atoms with Crippen LogP contribution in [0, 0.1) is 11.7 Å². The Morgan fingerprint density at radius 2 is 2.19 bits per heavy atom. The maximum absolute atomic E-state index is 12.7. The second-order valence-electron chi connectivity index (χ2n) is 4.57. The van der Waals surface area contributed by atoms with E-state index in [0.29, 0.717) is 12.1 Å². The molecular weight excluding hydrogens is 207 g/mol. The number of anilines is 1. The van der Waals surface area contributed by atoms with Gasteiger partial charge in [-0.05, 0) is 37.3 Å². The summed E-state index contributed by atoms with van der Waals surface area (Å²) < 4.78 is 18.4. The molecule has 16 heavy (non-hydrogen) atoms. The van der Waals surface area contributed by atoms with Crippen LogP contribution in [-0.2, 0) is 4.74 Å². The van der Waals surface area contributed by atoms with Gasteiger partial charge in [0.2, 0.25) is 0 Å². The zero-order valence-corrected chi connectivity index (χ0v) is 9.03. The number of hydrogen-bond acceptors (Lipinski definition) is 3. The van der Waals surface area contributed by atoms with Gasteiger partial charge in [-0.1, -0.05) is 0 Å². The molecule has 2 aliphatic rings. The van der Waals surface area contributed by atoms with Gasteiger partial charge in [0.15, 0.2) is 0 Å². The minimum Gasteiger partial charge on any atom is -0.376 e. The monoisotopic (exact) mass is 222 g/mol. The summed E-state index contributed by atoms with van der Waals surface area (Å²) in [4.78, 5) is 4.01. The van der Waals surface area contributed by atoms with Gasteiger partial charge >= 0.3 is 0 Å². The fourth-order valence-electron chi connectivity index (χ4n) is 2.31. The Morgan fingerprint density at radius 3 is 2.88 bits per heavy atom. The Hall–Kier alpha value is -1.16. The van der Waals surface area contributed by atoms with Crippen LogP contribution in [0.3, 0.4) is 0 Å². The van der Waals surface area contributed by atoms with E-state index in [2.05, 4.69) is 10.3 Å². The Bertz CT molecular complexity index is 364. The topological polar surface area (TPSA) is 34.1 Å². The van der Waals surface area contributed by atoms with Crippen molar-refractivity contribution in [2.24, 2.45) is 5.92 Å². The van der Waals surface area contributed by atoms with Crippen LogP contribution in [0.2, 0.25) is 0 Å². The van der Waals surface area contributed by atoms with E-state index in [4.69, 9.17) is 4.74 Å². The Labute approximate surface area is 94.0 Å². The number of pyridine rings is 1. The maximum atomic E-state index is 12.7. The van der Waals surface area contributed by atoms with Crippen LogP contribution >= 0.6 is 0 Å². The highest BCUT2D eigenvalue weighted by molar-refractivity contribution is 5.35. The van der Waals surface area contributed by atoms with Gasteiger partial charge in [0, 0.05) is 6.61 Å². The van der Waals surface area contributed by atoms with Crippen LogP contribution in [0.25, 0.3) is 0 Å². The number of halogens is 1. The fraction of sp³-hybridized carbons (Fsp3) is 0.583. The quantitative estimate of drug-likeness (QED) is 0.851. The summed E-state index contributed by atoms with van der Waals surface area (Å²) in [5.41, 5.74) is 0. The van der Waals surface area contributed by atoms with Crippen molar-refractivity contribution in [1.29, 1.82) is 0 Å². The number of nitrogens with one attached hydrogen (secondary N) is 1. The molecule has 1 aliphatic carbocycles.